The number of alkyl halides is 2. The van der Waals surface area contributed by atoms with E-state index in [9.17, 15) is 8.78 Å². The Bertz CT molecular complexity index is 1080. The summed E-state index contributed by atoms with van der Waals surface area (Å²) in [6.45, 7) is 3.58. The van der Waals surface area contributed by atoms with Crippen molar-refractivity contribution in [2.75, 3.05) is 0 Å². The van der Waals surface area contributed by atoms with E-state index >= 15 is 0 Å². The molecule has 8 heteroatoms. The molecule has 3 aromatic heterocycles. The second kappa shape index (κ2) is 6.22. The Morgan fingerprint density at radius 1 is 1.07 bits per heavy atom. The Labute approximate surface area is 154 Å². The van der Waals surface area contributed by atoms with Crippen LogP contribution in [0.2, 0.25) is 0 Å². The molecule has 0 N–H and O–H groups in total. The van der Waals surface area contributed by atoms with Crippen molar-refractivity contribution in [1.82, 2.24) is 29.1 Å². The molecule has 0 aliphatic heterocycles. The predicted octanol–water partition coefficient (Wildman–Crippen LogP) is 3.48. The molecule has 1 aromatic carbocycles. The van der Waals surface area contributed by atoms with E-state index in [0.29, 0.717) is 17.0 Å². The van der Waals surface area contributed by atoms with E-state index < -0.39 is 12.3 Å². The quantitative estimate of drug-likeness (QED) is 0.553. The number of hydrogen-bond donors (Lipinski definition) is 0. The van der Waals surface area contributed by atoms with Gasteiger partial charge in [-0.15, -0.1) is 0 Å². The fourth-order valence-electron chi connectivity index (χ4n) is 3.04. The van der Waals surface area contributed by atoms with Gasteiger partial charge in [0.25, 0.3) is 0 Å². The molecule has 0 saturated carbocycles. The lowest BCUT2D eigenvalue weighted by Crippen LogP contribution is -2.22. The molecular formula is C19H18F2N6. The predicted molar refractivity (Wildman–Crippen MR) is 96.5 cm³/mol. The first-order valence-corrected chi connectivity index (χ1v) is 8.50. The van der Waals surface area contributed by atoms with E-state index in [-0.39, 0.29) is 11.6 Å². The zero-order valence-corrected chi connectivity index (χ0v) is 15.2. The Kier molecular flexibility index (Phi) is 3.98. The smallest absolute Gasteiger partial charge is 0.311 e. The van der Waals surface area contributed by atoms with Gasteiger partial charge in [-0.05, 0) is 13.8 Å². The van der Waals surface area contributed by atoms with Crippen molar-refractivity contribution in [3.63, 3.8) is 0 Å². The van der Waals surface area contributed by atoms with Gasteiger partial charge in [0.15, 0.2) is 17.3 Å². The van der Waals surface area contributed by atoms with Crippen molar-refractivity contribution in [2.45, 2.75) is 26.2 Å². The molecule has 27 heavy (non-hydrogen) atoms. The second-order valence-electron chi connectivity index (χ2n) is 6.56. The Hall–Kier alpha value is -3.16. The Morgan fingerprint density at radius 3 is 2.52 bits per heavy atom. The summed E-state index contributed by atoms with van der Waals surface area (Å²) in [6.07, 6.45) is 2.62. The first-order chi connectivity index (χ1) is 12.8. The number of halogens is 2. The molecule has 3 heterocycles. The molecule has 138 valence electrons. The van der Waals surface area contributed by atoms with Crippen LogP contribution in [0.3, 0.4) is 0 Å². The van der Waals surface area contributed by atoms with Gasteiger partial charge in [0.1, 0.15) is 0 Å². The number of nitrogens with zero attached hydrogens (tertiary/aromatic N) is 6. The first kappa shape index (κ1) is 17.3. The maximum atomic E-state index is 15.0. The molecule has 0 atom stereocenters. The van der Waals surface area contributed by atoms with Gasteiger partial charge in [0.2, 0.25) is 0 Å². The van der Waals surface area contributed by atoms with Gasteiger partial charge < -0.3 is 4.57 Å². The molecule has 0 aliphatic carbocycles. The average molecular weight is 368 g/mol. The number of fused-ring (bicyclic) bond motifs is 1. The third-order valence-electron chi connectivity index (χ3n) is 4.41. The fourth-order valence-corrected chi connectivity index (χ4v) is 3.04. The molecule has 4 aromatic rings. The summed E-state index contributed by atoms with van der Waals surface area (Å²) in [5, 5.41) is 4.23. The minimum Gasteiger partial charge on any atom is -0.332 e. The zero-order chi connectivity index (χ0) is 19.2. The summed E-state index contributed by atoms with van der Waals surface area (Å²) in [7, 11) is 1.57. The molecule has 0 aliphatic rings. The largest absolute Gasteiger partial charge is 0.332 e. The summed E-state index contributed by atoms with van der Waals surface area (Å²) < 4.78 is 32.8. The van der Waals surface area contributed by atoms with Gasteiger partial charge in [-0.1, -0.05) is 30.3 Å². The number of imidazole rings is 1. The van der Waals surface area contributed by atoms with E-state index in [1.54, 1.807) is 37.8 Å². The van der Waals surface area contributed by atoms with Crippen LogP contribution in [0.1, 0.15) is 23.0 Å². The van der Waals surface area contributed by atoms with Crippen molar-refractivity contribution in [3.8, 4) is 11.3 Å². The van der Waals surface area contributed by atoms with Crippen LogP contribution in [0.4, 0.5) is 8.78 Å². The maximum Gasteiger partial charge on any atom is 0.311 e. The topological polar surface area (TPSA) is 60.9 Å². The fraction of sp³-hybridized carbons (Fsp3) is 0.263. The highest BCUT2D eigenvalue weighted by molar-refractivity contribution is 5.58. The number of hydrogen-bond acceptors (Lipinski definition) is 4. The lowest BCUT2D eigenvalue weighted by molar-refractivity contribution is -0.0175. The van der Waals surface area contributed by atoms with Crippen LogP contribution in [0.15, 0.2) is 42.7 Å². The monoisotopic (exact) mass is 368 g/mol. The van der Waals surface area contributed by atoms with Crippen LogP contribution in [-0.4, -0.2) is 29.1 Å². The second-order valence-corrected chi connectivity index (χ2v) is 6.56. The number of aromatic nitrogens is 6. The SMILES string of the molecule is Cc1ncc(C)n2nc(CC(F)(F)c3nc(-c4ccccc4)cn3C)nc12. The van der Waals surface area contributed by atoms with Crippen molar-refractivity contribution < 1.29 is 8.78 Å². The summed E-state index contributed by atoms with van der Waals surface area (Å²) in [5.41, 5.74) is 3.17. The van der Waals surface area contributed by atoms with E-state index in [0.717, 1.165) is 11.3 Å². The highest BCUT2D eigenvalue weighted by atomic mass is 19.3. The molecular weight excluding hydrogens is 350 g/mol. The third-order valence-corrected chi connectivity index (χ3v) is 4.41. The highest BCUT2D eigenvalue weighted by Crippen LogP contribution is 2.32. The third kappa shape index (κ3) is 3.07. The van der Waals surface area contributed by atoms with Crippen LogP contribution in [0, 0.1) is 13.8 Å². The van der Waals surface area contributed by atoms with Crippen LogP contribution in [0.5, 0.6) is 0 Å². The molecule has 0 spiro atoms. The van der Waals surface area contributed by atoms with Gasteiger partial charge in [0.05, 0.1) is 23.5 Å². The lowest BCUT2D eigenvalue weighted by atomic mass is 10.2. The molecule has 6 nitrogen and oxygen atoms in total. The maximum absolute atomic E-state index is 15.0. The van der Waals surface area contributed by atoms with E-state index in [4.69, 9.17) is 0 Å². The van der Waals surface area contributed by atoms with Gasteiger partial charge in [-0.25, -0.2) is 14.5 Å². The zero-order valence-electron chi connectivity index (χ0n) is 15.2. The summed E-state index contributed by atoms with van der Waals surface area (Å²) in [5.74, 6) is -3.46. The summed E-state index contributed by atoms with van der Waals surface area (Å²) in [4.78, 5) is 12.6. The van der Waals surface area contributed by atoms with Crippen molar-refractivity contribution in [2.24, 2.45) is 7.05 Å². The standard InChI is InChI=1S/C19H18F2N6/c1-12-10-22-13(2)17-24-16(25-27(12)17)9-19(20,21)18-23-15(11-26(18)3)14-7-5-4-6-8-14/h4-8,10-11H,9H2,1-3H3. The van der Waals surface area contributed by atoms with E-state index in [1.807, 2.05) is 30.3 Å². The summed E-state index contributed by atoms with van der Waals surface area (Å²) in [6, 6.07) is 9.25. The van der Waals surface area contributed by atoms with Gasteiger partial charge in [-0.3, -0.25) is 4.98 Å². The molecule has 0 saturated heterocycles. The first-order valence-electron chi connectivity index (χ1n) is 8.50. The number of rotatable bonds is 4. The van der Waals surface area contributed by atoms with Crippen molar-refractivity contribution in [3.05, 3.63) is 65.8 Å². The van der Waals surface area contributed by atoms with Crippen LogP contribution < -0.4 is 0 Å². The van der Waals surface area contributed by atoms with Gasteiger partial charge >= 0.3 is 5.92 Å². The summed E-state index contributed by atoms with van der Waals surface area (Å²) >= 11 is 0. The average Bonchev–Trinajstić information content (AvgIpc) is 3.23. The molecule has 0 radical (unpaired) electrons. The van der Waals surface area contributed by atoms with Crippen LogP contribution >= 0.6 is 0 Å². The molecule has 0 unspecified atom stereocenters. The van der Waals surface area contributed by atoms with Crippen molar-refractivity contribution in [1.29, 1.82) is 0 Å². The molecule has 4 rings (SSSR count). The van der Waals surface area contributed by atoms with E-state index in [2.05, 4.69) is 20.1 Å². The lowest BCUT2D eigenvalue weighted by Gasteiger charge is -2.13. The van der Waals surface area contributed by atoms with Crippen LogP contribution in [-0.2, 0) is 19.4 Å². The number of benzene rings is 1. The number of aryl methyl sites for hydroxylation is 3. The molecule has 0 bridgehead atoms. The Balaban J connectivity index is 1.69. The Morgan fingerprint density at radius 2 is 1.81 bits per heavy atom. The van der Waals surface area contributed by atoms with Crippen molar-refractivity contribution >= 4 is 5.65 Å². The van der Waals surface area contributed by atoms with Gasteiger partial charge in [0, 0.05) is 25.0 Å². The van der Waals surface area contributed by atoms with E-state index in [1.165, 1.54) is 4.57 Å². The molecule has 0 amide bonds. The normalized spacial score (nSPS) is 12.0. The highest BCUT2D eigenvalue weighted by Gasteiger charge is 2.38. The minimum atomic E-state index is -3.21. The molecule has 0 fully saturated rings. The van der Waals surface area contributed by atoms with Crippen LogP contribution in [0.25, 0.3) is 16.9 Å². The minimum absolute atomic E-state index is 0.0588. The van der Waals surface area contributed by atoms with Gasteiger partial charge in [-0.2, -0.15) is 13.9 Å².